The van der Waals surface area contributed by atoms with Crippen molar-refractivity contribution < 1.29 is 14.3 Å². The zero-order chi connectivity index (χ0) is 18.4. The Morgan fingerprint density at radius 1 is 1.07 bits per heavy atom. The first-order valence-corrected chi connectivity index (χ1v) is 9.68. The molecule has 0 radical (unpaired) electrons. The Balaban J connectivity index is 0.00000261. The van der Waals surface area contributed by atoms with Crippen LogP contribution in [0, 0.1) is 5.92 Å². The molecule has 150 valence electrons. The predicted octanol–water partition coefficient (Wildman–Crippen LogP) is 2.75. The highest BCUT2D eigenvalue weighted by Gasteiger charge is 2.29. The quantitative estimate of drug-likeness (QED) is 0.690. The summed E-state index contributed by atoms with van der Waals surface area (Å²) in [5.74, 6) is 0.137. The first kappa shape index (κ1) is 21.7. The van der Waals surface area contributed by atoms with Gasteiger partial charge in [-0.1, -0.05) is 31.4 Å². The van der Waals surface area contributed by atoms with Crippen molar-refractivity contribution in [3.05, 3.63) is 29.8 Å². The molecule has 1 aromatic rings. The maximum atomic E-state index is 12.4. The van der Waals surface area contributed by atoms with Crippen LogP contribution in [0.2, 0.25) is 0 Å². The van der Waals surface area contributed by atoms with Crippen molar-refractivity contribution in [3.8, 4) is 0 Å². The van der Waals surface area contributed by atoms with Crippen molar-refractivity contribution in [2.45, 2.75) is 63.7 Å². The number of ether oxygens (including phenoxy) is 1. The Bertz CT molecular complexity index is 635. The summed E-state index contributed by atoms with van der Waals surface area (Å²) in [5, 5.41) is 5.93. The van der Waals surface area contributed by atoms with Gasteiger partial charge in [-0.25, -0.2) is 0 Å². The second kappa shape index (κ2) is 10.6. The molecule has 1 aliphatic carbocycles. The van der Waals surface area contributed by atoms with Crippen LogP contribution in [0.3, 0.4) is 0 Å². The lowest BCUT2D eigenvalue weighted by Gasteiger charge is -2.21. The normalized spacial score (nSPS) is 22.7. The smallest absolute Gasteiger partial charge is 0.249 e. The van der Waals surface area contributed by atoms with Crippen LogP contribution in [-0.2, 0) is 20.9 Å². The molecule has 1 saturated heterocycles. The van der Waals surface area contributed by atoms with Gasteiger partial charge in [0.05, 0.1) is 6.10 Å². The van der Waals surface area contributed by atoms with E-state index in [0.717, 1.165) is 43.4 Å². The minimum Gasteiger partial charge on any atom is -0.364 e. The van der Waals surface area contributed by atoms with E-state index in [9.17, 15) is 9.59 Å². The zero-order valence-corrected chi connectivity index (χ0v) is 16.4. The molecule has 0 bridgehead atoms. The number of nitrogens with one attached hydrogen (secondary N) is 2. The summed E-state index contributed by atoms with van der Waals surface area (Å²) < 4.78 is 5.61. The molecule has 4 N–H and O–H groups in total. The van der Waals surface area contributed by atoms with E-state index in [-0.39, 0.29) is 36.2 Å². The molecule has 2 atom stereocenters. The molecule has 2 fully saturated rings. The third-order valence-corrected chi connectivity index (χ3v) is 5.30. The number of rotatable bonds is 6. The molecule has 2 amide bonds. The fourth-order valence-electron chi connectivity index (χ4n) is 3.74. The summed E-state index contributed by atoms with van der Waals surface area (Å²) in [6.45, 7) is 0.867. The third kappa shape index (κ3) is 6.19. The monoisotopic (exact) mass is 395 g/mol. The van der Waals surface area contributed by atoms with E-state index in [1.165, 1.54) is 6.42 Å². The molecular weight excluding hydrogens is 366 g/mol. The topological polar surface area (TPSA) is 93.5 Å². The molecule has 1 heterocycles. The molecule has 0 spiro atoms. The number of hydrogen-bond donors (Lipinski definition) is 3. The van der Waals surface area contributed by atoms with E-state index in [1.54, 1.807) is 0 Å². The lowest BCUT2D eigenvalue weighted by Crippen LogP contribution is -2.35. The molecule has 0 aromatic heterocycles. The number of carbonyl (C=O) groups is 2. The van der Waals surface area contributed by atoms with E-state index in [2.05, 4.69) is 10.6 Å². The molecule has 2 aliphatic rings. The van der Waals surface area contributed by atoms with Gasteiger partial charge in [-0.3, -0.25) is 9.59 Å². The molecule has 0 unspecified atom stereocenters. The van der Waals surface area contributed by atoms with Crippen LogP contribution in [0.15, 0.2) is 24.3 Å². The molecule has 1 saturated carbocycles. The number of nitrogens with two attached hydrogens (primary N) is 1. The molecule has 1 aromatic carbocycles. The first-order valence-electron chi connectivity index (χ1n) is 9.68. The SMILES string of the molecule is Cl.NC[C@H]1CC[C@@H](C(=O)NCc2cccc(NC(=O)C3CCCCC3)c2)O1. The van der Waals surface area contributed by atoms with Gasteiger partial charge < -0.3 is 21.1 Å². The van der Waals surface area contributed by atoms with Gasteiger partial charge in [0.1, 0.15) is 6.10 Å². The van der Waals surface area contributed by atoms with Crippen LogP contribution in [0.4, 0.5) is 5.69 Å². The third-order valence-electron chi connectivity index (χ3n) is 5.30. The van der Waals surface area contributed by atoms with Crippen molar-refractivity contribution in [1.82, 2.24) is 5.32 Å². The van der Waals surface area contributed by atoms with Gasteiger partial charge in [0.15, 0.2) is 0 Å². The van der Waals surface area contributed by atoms with Crippen LogP contribution in [0.5, 0.6) is 0 Å². The van der Waals surface area contributed by atoms with Crippen LogP contribution >= 0.6 is 12.4 Å². The van der Waals surface area contributed by atoms with Gasteiger partial charge in [-0.15, -0.1) is 12.4 Å². The number of anilines is 1. The number of halogens is 1. The number of carbonyl (C=O) groups excluding carboxylic acids is 2. The fraction of sp³-hybridized carbons (Fsp3) is 0.600. The van der Waals surface area contributed by atoms with Gasteiger partial charge in [0.25, 0.3) is 0 Å². The largest absolute Gasteiger partial charge is 0.364 e. The second-order valence-electron chi connectivity index (χ2n) is 7.30. The fourth-order valence-corrected chi connectivity index (χ4v) is 3.74. The van der Waals surface area contributed by atoms with E-state index in [4.69, 9.17) is 10.5 Å². The van der Waals surface area contributed by atoms with Gasteiger partial charge in [-0.05, 0) is 43.4 Å². The molecule has 3 rings (SSSR count). The Labute approximate surface area is 167 Å². The van der Waals surface area contributed by atoms with Gasteiger partial charge in [0.2, 0.25) is 11.8 Å². The molecule has 27 heavy (non-hydrogen) atoms. The molecular formula is C20H30ClN3O3. The van der Waals surface area contributed by atoms with Crippen molar-refractivity contribution in [1.29, 1.82) is 0 Å². The highest BCUT2D eigenvalue weighted by Crippen LogP contribution is 2.25. The minimum atomic E-state index is -0.405. The number of amides is 2. The standard InChI is InChI=1S/C20H29N3O3.ClH/c21-12-17-9-10-18(26-17)20(25)22-13-14-5-4-8-16(11-14)23-19(24)15-6-2-1-3-7-15;/h4-5,8,11,15,17-18H,1-3,6-7,9-10,12-13,21H2,(H,22,25)(H,23,24);1H/t17-,18+;/m1./s1. The van der Waals surface area contributed by atoms with Crippen molar-refractivity contribution in [2.75, 3.05) is 11.9 Å². The Morgan fingerprint density at radius 3 is 2.56 bits per heavy atom. The summed E-state index contributed by atoms with van der Waals surface area (Å²) in [6.07, 6.45) is 6.59. The van der Waals surface area contributed by atoms with Gasteiger partial charge in [0, 0.05) is 24.7 Å². The van der Waals surface area contributed by atoms with E-state index < -0.39 is 6.10 Å². The minimum absolute atomic E-state index is 0. The van der Waals surface area contributed by atoms with E-state index in [0.29, 0.717) is 19.5 Å². The van der Waals surface area contributed by atoms with Crippen molar-refractivity contribution in [2.24, 2.45) is 11.7 Å². The Kier molecular flexibility index (Phi) is 8.54. The maximum absolute atomic E-state index is 12.4. The van der Waals surface area contributed by atoms with E-state index in [1.807, 2.05) is 24.3 Å². The summed E-state index contributed by atoms with van der Waals surface area (Å²) >= 11 is 0. The summed E-state index contributed by atoms with van der Waals surface area (Å²) in [7, 11) is 0. The lowest BCUT2D eigenvalue weighted by atomic mass is 9.88. The van der Waals surface area contributed by atoms with Crippen LogP contribution in [0.1, 0.15) is 50.5 Å². The van der Waals surface area contributed by atoms with Gasteiger partial charge >= 0.3 is 0 Å². The summed E-state index contributed by atoms with van der Waals surface area (Å²) in [6, 6.07) is 7.64. The van der Waals surface area contributed by atoms with E-state index >= 15 is 0 Å². The average molecular weight is 396 g/mol. The molecule has 1 aliphatic heterocycles. The van der Waals surface area contributed by atoms with Crippen LogP contribution in [-0.4, -0.2) is 30.6 Å². The van der Waals surface area contributed by atoms with Crippen LogP contribution in [0.25, 0.3) is 0 Å². The predicted molar refractivity (Wildman–Crippen MR) is 108 cm³/mol. The zero-order valence-electron chi connectivity index (χ0n) is 15.6. The van der Waals surface area contributed by atoms with Gasteiger partial charge in [-0.2, -0.15) is 0 Å². The summed E-state index contributed by atoms with van der Waals surface area (Å²) in [4.78, 5) is 24.6. The first-order chi connectivity index (χ1) is 12.7. The van der Waals surface area contributed by atoms with Crippen molar-refractivity contribution >= 4 is 29.9 Å². The highest BCUT2D eigenvalue weighted by molar-refractivity contribution is 5.92. The lowest BCUT2D eigenvalue weighted by molar-refractivity contribution is -0.132. The Hall–Kier alpha value is -1.63. The van der Waals surface area contributed by atoms with Crippen molar-refractivity contribution in [3.63, 3.8) is 0 Å². The average Bonchev–Trinajstić information content (AvgIpc) is 3.16. The van der Waals surface area contributed by atoms with Crippen LogP contribution < -0.4 is 16.4 Å². The Morgan fingerprint density at radius 2 is 1.85 bits per heavy atom. The second-order valence-corrected chi connectivity index (χ2v) is 7.30. The highest BCUT2D eigenvalue weighted by atomic mass is 35.5. The molecule has 6 nitrogen and oxygen atoms in total. The summed E-state index contributed by atoms with van der Waals surface area (Å²) in [5.41, 5.74) is 7.32. The number of hydrogen-bond acceptors (Lipinski definition) is 4. The molecule has 7 heteroatoms. The maximum Gasteiger partial charge on any atom is 0.249 e. The number of benzene rings is 1.